The quantitative estimate of drug-likeness (QED) is 0.764. The SMILES string of the molecule is COc1cccc(N2CCCN3C4C(=O)N(Cc5ccc(Cl)cc5)C(=O)N(C)C4NC23)c1. The van der Waals surface area contributed by atoms with Crippen LogP contribution in [0.15, 0.2) is 48.5 Å². The van der Waals surface area contributed by atoms with Gasteiger partial charge in [0.2, 0.25) is 0 Å². The molecule has 2 aromatic rings. The largest absolute Gasteiger partial charge is 0.497 e. The van der Waals surface area contributed by atoms with Gasteiger partial charge in [-0.25, -0.2) is 4.79 Å². The Morgan fingerprint density at radius 2 is 1.91 bits per heavy atom. The van der Waals surface area contributed by atoms with Crippen molar-refractivity contribution >= 4 is 29.2 Å². The van der Waals surface area contributed by atoms with Crippen LogP contribution in [0.25, 0.3) is 0 Å². The van der Waals surface area contributed by atoms with E-state index in [0.29, 0.717) is 5.02 Å². The number of imide groups is 1. The van der Waals surface area contributed by atoms with Crippen molar-refractivity contribution in [3.05, 3.63) is 59.1 Å². The van der Waals surface area contributed by atoms with Gasteiger partial charge in [-0.2, -0.15) is 0 Å². The number of halogens is 1. The number of hydrogen-bond acceptors (Lipinski definition) is 6. The summed E-state index contributed by atoms with van der Waals surface area (Å²) >= 11 is 5.98. The van der Waals surface area contributed by atoms with E-state index in [-0.39, 0.29) is 30.9 Å². The molecule has 0 saturated carbocycles. The fraction of sp³-hybridized carbons (Fsp3) is 0.391. The maximum absolute atomic E-state index is 13.6. The van der Waals surface area contributed by atoms with Crippen LogP contribution in [0.1, 0.15) is 12.0 Å². The van der Waals surface area contributed by atoms with E-state index < -0.39 is 6.04 Å². The number of ether oxygens (including phenoxy) is 1. The molecule has 3 aliphatic rings. The molecule has 3 amide bonds. The number of nitrogens with one attached hydrogen (secondary N) is 1. The van der Waals surface area contributed by atoms with Gasteiger partial charge in [-0.15, -0.1) is 0 Å². The Morgan fingerprint density at radius 3 is 2.66 bits per heavy atom. The predicted octanol–water partition coefficient (Wildman–Crippen LogP) is 2.54. The van der Waals surface area contributed by atoms with E-state index in [4.69, 9.17) is 16.3 Å². The normalized spacial score (nSPS) is 25.7. The van der Waals surface area contributed by atoms with E-state index in [0.717, 1.165) is 36.5 Å². The van der Waals surface area contributed by atoms with E-state index in [1.54, 1.807) is 31.2 Å². The third-order valence-electron chi connectivity index (χ3n) is 6.51. The number of rotatable bonds is 4. The average Bonchev–Trinajstić information content (AvgIpc) is 3.22. The lowest BCUT2D eigenvalue weighted by atomic mass is 10.1. The maximum Gasteiger partial charge on any atom is 0.328 e. The Kier molecular flexibility index (Phi) is 5.44. The molecule has 168 valence electrons. The van der Waals surface area contributed by atoms with Gasteiger partial charge in [0.25, 0.3) is 5.91 Å². The minimum absolute atomic E-state index is 0.171. The molecular formula is C23H26ClN5O3. The van der Waals surface area contributed by atoms with Crippen LogP contribution in [0, 0.1) is 0 Å². The van der Waals surface area contributed by atoms with Crippen LogP contribution >= 0.6 is 11.6 Å². The summed E-state index contributed by atoms with van der Waals surface area (Å²) in [5.74, 6) is 0.614. The molecule has 3 unspecified atom stereocenters. The number of benzene rings is 2. The summed E-state index contributed by atoms with van der Waals surface area (Å²) in [5.41, 5.74) is 1.88. The number of methoxy groups -OCH3 is 1. The summed E-state index contributed by atoms with van der Waals surface area (Å²) in [7, 11) is 3.40. The van der Waals surface area contributed by atoms with Gasteiger partial charge in [0.15, 0.2) is 0 Å². The minimum Gasteiger partial charge on any atom is -0.497 e. The molecule has 0 spiro atoms. The van der Waals surface area contributed by atoms with Crippen LogP contribution in [-0.2, 0) is 11.3 Å². The lowest BCUT2D eigenvalue weighted by Crippen LogP contribution is -2.66. The van der Waals surface area contributed by atoms with Crippen LogP contribution in [0.5, 0.6) is 5.75 Å². The van der Waals surface area contributed by atoms with Crippen molar-refractivity contribution < 1.29 is 14.3 Å². The van der Waals surface area contributed by atoms with E-state index in [9.17, 15) is 9.59 Å². The first-order valence-electron chi connectivity index (χ1n) is 10.7. The number of carbonyl (C=O) groups is 2. The van der Waals surface area contributed by atoms with Gasteiger partial charge in [-0.1, -0.05) is 29.8 Å². The summed E-state index contributed by atoms with van der Waals surface area (Å²) in [6.45, 7) is 1.85. The molecule has 0 radical (unpaired) electrons. The molecule has 9 heteroatoms. The molecule has 3 saturated heterocycles. The Morgan fingerprint density at radius 1 is 1.12 bits per heavy atom. The predicted molar refractivity (Wildman–Crippen MR) is 121 cm³/mol. The first-order chi connectivity index (χ1) is 15.5. The van der Waals surface area contributed by atoms with Crippen molar-refractivity contribution in [1.82, 2.24) is 20.0 Å². The molecule has 0 bridgehead atoms. The van der Waals surface area contributed by atoms with Crippen LogP contribution < -0.4 is 15.0 Å². The van der Waals surface area contributed by atoms with Crippen molar-refractivity contribution in [1.29, 1.82) is 0 Å². The summed E-state index contributed by atoms with van der Waals surface area (Å²) in [6, 6.07) is 14.4. The topological polar surface area (TPSA) is 68.4 Å². The van der Waals surface area contributed by atoms with Gasteiger partial charge in [-0.3, -0.25) is 19.9 Å². The minimum atomic E-state index is -0.441. The first kappa shape index (κ1) is 21.1. The van der Waals surface area contributed by atoms with Gasteiger partial charge >= 0.3 is 6.03 Å². The van der Waals surface area contributed by atoms with Crippen LogP contribution in [0.4, 0.5) is 10.5 Å². The van der Waals surface area contributed by atoms with Crippen molar-refractivity contribution in [2.75, 3.05) is 32.1 Å². The highest BCUT2D eigenvalue weighted by molar-refractivity contribution is 6.30. The van der Waals surface area contributed by atoms with E-state index >= 15 is 0 Å². The fourth-order valence-corrected chi connectivity index (χ4v) is 5.02. The summed E-state index contributed by atoms with van der Waals surface area (Å²) in [6.07, 6.45) is 0.356. The zero-order valence-electron chi connectivity index (χ0n) is 18.1. The van der Waals surface area contributed by atoms with Crippen LogP contribution in [-0.4, -0.2) is 72.4 Å². The molecule has 2 aromatic carbocycles. The lowest BCUT2D eigenvalue weighted by molar-refractivity contribution is -0.139. The maximum atomic E-state index is 13.6. The van der Waals surface area contributed by atoms with Gasteiger partial charge in [-0.05, 0) is 36.2 Å². The number of nitrogens with zero attached hydrogens (tertiary/aromatic N) is 4. The third kappa shape index (κ3) is 3.48. The fourth-order valence-electron chi connectivity index (χ4n) is 4.89. The molecule has 3 atom stereocenters. The van der Waals surface area contributed by atoms with Gasteiger partial charge in [0, 0.05) is 36.9 Å². The van der Waals surface area contributed by atoms with Crippen LogP contribution in [0.3, 0.4) is 0 Å². The molecule has 3 fully saturated rings. The van der Waals surface area contributed by atoms with Gasteiger partial charge < -0.3 is 14.5 Å². The average molecular weight is 456 g/mol. The summed E-state index contributed by atoms with van der Waals surface area (Å²) < 4.78 is 5.40. The zero-order chi connectivity index (χ0) is 22.4. The molecule has 0 aliphatic carbocycles. The lowest BCUT2D eigenvalue weighted by Gasteiger charge is -2.44. The zero-order valence-corrected chi connectivity index (χ0v) is 18.8. The van der Waals surface area contributed by atoms with E-state index in [1.807, 2.05) is 36.4 Å². The molecule has 5 rings (SSSR count). The van der Waals surface area contributed by atoms with Crippen molar-refractivity contribution in [2.45, 2.75) is 31.5 Å². The number of carbonyl (C=O) groups excluding carboxylic acids is 2. The summed E-state index contributed by atoms with van der Waals surface area (Å²) in [4.78, 5) is 34.1. The van der Waals surface area contributed by atoms with Crippen molar-refractivity contribution in [2.24, 2.45) is 0 Å². The number of likely N-dealkylation sites (N-methyl/N-ethyl adjacent to an activating group) is 1. The highest BCUT2D eigenvalue weighted by Crippen LogP contribution is 2.34. The second kappa shape index (κ2) is 8.27. The smallest absolute Gasteiger partial charge is 0.328 e. The molecule has 1 N–H and O–H groups in total. The molecular weight excluding hydrogens is 430 g/mol. The highest BCUT2D eigenvalue weighted by atomic mass is 35.5. The number of urea groups is 1. The number of anilines is 1. The Balaban J connectivity index is 1.42. The Labute approximate surface area is 192 Å². The third-order valence-corrected chi connectivity index (χ3v) is 6.76. The van der Waals surface area contributed by atoms with Gasteiger partial charge in [0.1, 0.15) is 24.2 Å². The Hall–Kier alpha value is -2.81. The van der Waals surface area contributed by atoms with E-state index in [2.05, 4.69) is 15.1 Å². The standard InChI is InChI=1S/C23H26ClN5O3/c1-26-20-19(21(30)29(23(26)31)14-15-7-9-16(24)10-8-15)28-12-4-11-27(22(28)25-20)17-5-3-6-18(13-17)32-2/h3,5-10,13,19-20,22,25H,4,11-12,14H2,1-2H3. The number of amides is 3. The van der Waals surface area contributed by atoms with Gasteiger partial charge in [0.05, 0.1) is 13.7 Å². The second-order valence-corrected chi connectivity index (χ2v) is 8.80. The first-order valence-corrected chi connectivity index (χ1v) is 11.1. The molecule has 3 heterocycles. The number of fused-ring (bicyclic) bond motifs is 3. The second-order valence-electron chi connectivity index (χ2n) is 8.36. The molecule has 32 heavy (non-hydrogen) atoms. The molecule has 8 nitrogen and oxygen atoms in total. The molecule has 3 aliphatic heterocycles. The van der Waals surface area contributed by atoms with Crippen LogP contribution in [0.2, 0.25) is 5.02 Å². The van der Waals surface area contributed by atoms with Crippen molar-refractivity contribution in [3.8, 4) is 5.75 Å². The summed E-state index contributed by atoms with van der Waals surface area (Å²) in [5, 5.41) is 4.16. The Bertz CT molecular complexity index is 1030. The van der Waals surface area contributed by atoms with E-state index in [1.165, 1.54) is 4.90 Å². The molecule has 0 aromatic heterocycles. The number of hydrogen-bond donors (Lipinski definition) is 1. The monoisotopic (exact) mass is 455 g/mol. The highest BCUT2D eigenvalue weighted by Gasteiger charge is 2.56. The van der Waals surface area contributed by atoms with Crippen molar-refractivity contribution in [3.63, 3.8) is 0 Å².